The summed E-state index contributed by atoms with van der Waals surface area (Å²) in [6.45, 7) is -0.0652. The van der Waals surface area contributed by atoms with Crippen LogP contribution in [0.5, 0.6) is 0 Å². The fourth-order valence-corrected chi connectivity index (χ4v) is 2.86. The molecule has 2 heterocycles. The lowest BCUT2D eigenvalue weighted by Gasteiger charge is -2.30. The third-order valence-electron chi connectivity index (χ3n) is 4.17. The normalized spacial score (nSPS) is 16.4. The maximum Gasteiger partial charge on any atom is 0.433 e. The molecule has 1 aromatic heterocycles. The fraction of sp³-hybridized carbons (Fsp3) is 0.278. The SMILES string of the molecule is O=C1CC(c2ccccc2)CC(=O)N1Cc1ccc(C(F)(F)F)nc1. The molecule has 1 aromatic carbocycles. The predicted molar refractivity (Wildman–Crippen MR) is 83.2 cm³/mol. The van der Waals surface area contributed by atoms with Gasteiger partial charge < -0.3 is 0 Å². The van der Waals surface area contributed by atoms with E-state index in [9.17, 15) is 22.8 Å². The summed E-state index contributed by atoms with van der Waals surface area (Å²) in [4.78, 5) is 29.1. The molecule has 0 spiro atoms. The number of rotatable bonds is 3. The first-order valence-electron chi connectivity index (χ1n) is 7.75. The van der Waals surface area contributed by atoms with Crippen LogP contribution in [0.3, 0.4) is 0 Å². The van der Waals surface area contributed by atoms with Gasteiger partial charge in [-0.1, -0.05) is 36.4 Å². The summed E-state index contributed by atoms with van der Waals surface area (Å²) in [6.07, 6.45) is -3.07. The van der Waals surface area contributed by atoms with Crippen LogP contribution in [0.25, 0.3) is 0 Å². The minimum absolute atomic E-state index is 0.0652. The van der Waals surface area contributed by atoms with Crippen molar-refractivity contribution in [1.29, 1.82) is 0 Å². The zero-order chi connectivity index (χ0) is 18.0. The molecule has 0 saturated carbocycles. The van der Waals surface area contributed by atoms with Gasteiger partial charge in [0.05, 0.1) is 6.54 Å². The molecule has 0 N–H and O–H groups in total. The first-order chi connectivity index (χ1) is 11.8. The van der Waals surface area contributed by atoms with Gasteiger partial charge in [0.1, 0.15) is 5.69 Å². The van der Waals surface area contributed by atoms with Crippen molar-refractivity contribution >= 4 is 11.8 Å². The van der Waals surface area contributed by atoms with Crippen LogP contribution in [-0.4, -0.2) is 21.7 Å². The van der Waals surface area contributed by atoms with E-state index in [2.05, 4.69) is 4.98 Å². The predicted octanol–water partition coefficient (Wildman–Crippen LogP) is 3.53. The molecule has 3 rings (SSSR count). The number of carbonyl (C=O) groups is 2. The smallest absolute Gasteiger partial charge is 0.278 e. The van der Waals surface area contributed by atoms with Crippen LogP contribution in [0.1, 0.15) is 35.6 Å². The van der Waals surface area contributed by atoms with Crippen molar-refractivity contribution in [2.24, 2.45) is 0 Å². The highest BCUT2D eigenvalue weighted by Gasteiger charge is 2.34. The molecular weight excluding hydrogens is 333 g/mol. The maximum atomic E-state index is 12.5. The molecule has 7 heteroatoms. The van der Waals surface area contributed by atoms with E-state index in [1.54, 1.807) is 0 Å². The van der Waals surface area contributed by atoms with Crippen LogP contribution in [0.15, 0.2) is 48.7 Å². The number of benzene rings is 1. The van der Waals surface area contributed by atoms with E-state index in [0.29, 0.717) is 5.56 Å². The molecule has 1 aliphatic heterocycles. The molecule has 0 bridgehead atoms. The number of nitrogens with zero attached hydrogens (tertiary/aromatic N) is 2. The highest BCUT2D eigenvalue weighted by atomic mass is 19.4. The molecule has 4 nitrogen and oxygen atoms in total. The van der Waals surface area contributed by atoms with Crippen molar-refractivity contribution in [1.82, 2.24) is 9.88 Å². The Hall–Kier alpha value is -2.70. The van der Waals surface area contributed by atoms with E-state index in [4.69, 9.17) is 0 Å². The second-order valence-corrected chi connectivity index (χ2v) is 5.94. The Kier molecular flexibility index (Phi) is 4.57. The Balaban J connectivity index is 1.70. The van der Waals surface area contributed by atoms with Gasteiger partial charge in [-0.2, -0.15) is 13.2 Å². The molecule has 1 saturated heterocycles. The molecular formula is C18H15F3N2O2. The Bertz CT molecular complexity index is 755. The Morgan fingerprint density at radius 3 is 2.16 bits per heavy atom. The molecule has 0 radical (unpaired) electrons. The fourth-order valence-electron chi connectivity index (χ4n) is 2.86. The summed E-state index contributed by atoms with van der Waals surface area (Å²) in [5.41, 5.74) is 0.310. The zero-order valence-electron chi connectivity index (χ0n) is 13.2. The minimum Gasteiger partial charge on any atom is -0.278 e. The van der Waals surface area contributed by atoms with E-state index in [0.717, 1.165) is 22.7 Å². The number of halogens is 3. The van der Waals surface area contributed by atoms with Crippen LogP contribution in [0, 0.1) is 0 Å². The summed E-state index contributed by atoms with van der Waals surface area (Å²) in [5.74, 6) is -0.821. The first kappa shape index (κ1) is 17.1. The number of pyridine rings is 1. The van der Waals surface area contributed by atoms with Gasteiger partial charge >= 0.3 is 6.18 Å². The lowest BCUT2D eigenvalue weighted by molar-refractivity contribution is -0.149. The Morgan fingerprint density at radius 1 is 1.00 bits per heavy atom. The van der Waals surface area contributed by atoms with Gasteiger partial charge in [-0.3, -0.25) is 19.5 Å². The summed E-state index contributed by atoms with van der Waals surface area (Å²) in [5, 5.41) is 0. The second kappa shape index (κ2) is 6.66. The van der Waals surface area contributed by atoms with E-state index >= 15 is 0 Å². The van der Waals surface area contributed by atoms with Gasteiger partial charge in [-0.25, -0.2) is 0 Å². The van der Waals surface area contributed by atoms with Crippen molar-refractivity contribution < 1.29 is 22.8 Å². The molecule has 0 unspecified atom stereocenters. The number of hydrogen-bond donors (Lipinski definition) is 0. The summed E-state index contributed by atoms with van der Waals surface area (Å²) in [6, 6.07) is 11.4. The lowest BCUT2D eigenvalue weighted by Crippen LogP contribution is -2.42. The number of carbonyl (C=O) groups excluding carboxylic acids is 2. The highest BCUT2D eigenvalue weighted by Crippen LogP contribution is 2.31. The largest absolute Gasteiger partial charge is 0.433 e. The molecule has 1 fully saturated rings. The van der Waals surface area contributed by atoms with E-state index in [1.807, 2.05) is 30.3 Å². The third-order valence-corrected chi connectivity index (χ3v) is 4.17. The van der Waals surface area contributed by atoms with E-state index in [1.165, 1.54) is 6.07 Å². The average molecular weight is 348 g/mol. The van der Waals surface area contributed by atoms with Crippen molar-refractivity contribution in [2.75, 3.05) is 0 Å². The number of hydrogen-bond acceptors (Lipinski definition) is 3. The van der Waals surface area contributed by atoms with Crippen molar-refractivity contribution in [3.05, 3.63) is 65.5 Å². The van der Waals surface area contributed by atoms with Crippen LogP contribution < -0.4 is 0 Å². The first-order valence-corrected chi connectivity index (χ1v) is 7.75. The number of imide groups is 1. The van der Waals surface area contributed by atoms with Gasteiger partial charge in [0.2, 0.25) is 11.8 Å². The summed E-state index contributed by atoms with van der Waals surface area (Å²) >= 11 is 0. The molecule has 0 atom stereocenters. The van der Waals surface area contributed by atoms with Gasteiger partial charge in [0.25, 0.3) is 0 Å². The van der Waals surface area contributed by atoms with Gasteiger partial charge in [0.15, 0.2) is 0 Å². The molecule has 0 aliphatic carbocycles. The third kappa shape index (κ3) is 3.87. The molecule has 2 aromatic rings. The molecule has 1 aliphatic rings. The standard InChI is InChI=1S/C18H15F3N2O2/c19-18(20,21)15-7-6-12(10-22-15)11-23-16(24)8-14(9-17(23)25)13-4-2-1-3-5-13/h1-7,10,14H,8-9,11H2. The maximum absolute atomic E-state index is 12.5. The van der Waals surface area contributed by atoms with Gasteiger partial charge in [-0.05, 0) is 17.2 Å². The molecule has 25 heavy (non-hydrogen) atoms. The Labute approximate surface area is 142 Å². The van der Waals surface area contributed by atoms with Crippen LogP contribution in [-0.2, 0) is 22.3 Å². The average Bonchev–Trinajstić information content (AvgIpc) is 2.58. The number of aromatic nitrogens is 1. The van der Waals surface area contributed by atoms with Gasteiger partial charge in [-0.15, -0.1) is 0 Å². The minimum atomic E-state index is -4.52. The van der Waals surface area contributed by atoms with Crippen molar-refractivity contribution in [3.63, 3.8) is 0 Å². The van der Waals surface area contributed by atoms with Crippen LogP contribution >= 0.6 is 0 Å². The number of likely N-dealkylation sites (tertiary alicyclic amines) is 1. The van der Waals surface area contributed by atoms with Crippen LogP contribution in [0.4, 0.5) is 13.2 Å². The van der Waals surface area contributed by atoms with Crippen molar-refractivity contribution in [2.45, 2.75) is 31.5 Å². The van der Waals surface area contributed by atoms with E-state index in [-0.39, 0.29) is 37.1 Å². The number of amides is 2. The Morgan fingerprint density at radius 2 is 1.64 bits per heavy atom. The number of alkyl halides is 3. The highest BCUT2D eigenvalue weighted by molar-refractivity contribution is 5.98. The number of piperidine rings is 1. The van der Waals surface area contributed by atoms with Crippen molar-refractivity contribution in [3.8, 4) is 0 Å². The van der Waals surface area contributed by atoms with Gasteiger partial charge in [0, 0.05) is 25.0 Å². The lowest BCUT2D eigenvalue weighted by atomic mass is 9.88. The summed E-state index contributed by atoms with van der Waals surface area (Å²) in [7, 11) is 0. The summed E-state index contributed by atoms with van der Waals surface area (Å²) < 4.78 is 37.6. The zero-order valence-corrected chi connectivity index (χ0v) is 13.2. The topological polar surface area (TPSA) is 50.3 Å². The second-order valence-electron chi connectivity index (χ2n) is 5.94. The van der Waals surface area contributed by atoms with Crippen LogP contribution in [0.2, 0.25) is 0 Å². The molecule has 2 amide bonds. The molecule has 130 valence electrons. The quantitative estimate of drug-likeness (QED) is 0.798. The van der Waals surface area contributed by atoms with E-state index < -0.39 is 11.9 Å². The monoisotopic (exact) mass is 348 g/mol.